The van der Waals surface area contributed by atoms with Gasteiger partial charge in [-0.2, -0.15) is 0 Å². The largest absolute Gasteiger partial charge is 0.462 e. The van der Waals surface area contributed by atoms with Gasteiger partial charge in [-0.1, -0.05) is 32.4 Å². The lowest BCUT2D eigenvalue weighted by Gasteiger charge is -2.64. The van der Waals surface area contributed by atoms with E-state index in [4.69, 9.17) is 9.47 Å². The molecule has 0 aliphatic heterocycles. The van der Waals surface area contributed by atoms with Gasteiger partial charge in [0.25, 0.3) is 0 Å². The molecule has 238 valence electrons. The molecule has 0 saturated heterocycles. The molecule has 0 radical (unpaired) electrons. The maximum absolute atomic E-state index is 14.5. The number of hydrogen-bond acceptors (Lipinski definition) is 9. The molecule has 9 atom stereocenters. The molecule has 4 rings (SSSR count). The lowest BCUT2D eigenvalue weighted by Crippen LogP contribution is -2.65. The van der Waals surface area contributed by atoms with Crippen LogP contribution in [-0.4, -0.2) is 62.9 Å². The smallest absolute Gasteiger partial charge is 0.303 e. The molecular weight excluding hydrogens is 552 g/mol. The van der Waals surface area contributed by atoms with E-state index < -0.39 is 68.7 Å². The van der Waals surface area contributed by atoms with Gasteiger partial charge in [-0.15, -0.1) is 0 Å². The van der Waals surface area contributed by atoms with E-state index in [0.717, 1.165) is 5.57 Å². The summed E-state index contributed by atoms with van der Waals surface area (Å²) in [5, 5.41) is 22.8. The number of carbonyl (C=O) groups is 5. The monoisotopic (exact) mass is 600 g/mol. The highest BCUT2D eigenvalue weighted by Gasteiger charge is 2.75. The zero-order valence-corrected chi connectivity index (χ0v) is 27.2. The molecule has 3 saturated carbocycles. The fourth-order valence-corrected chi connectivity index (χ4v) is 9.68. The third-order valence-electron chi connectivity index (χ3n) is 11.8. The summed E-state index contributed by atoms with van der Waals surface area (Å²) in [6.45, 7) is 16.7. The van der Waals surface area contributed by atoms with Gasteiger partial charge in [0.05, 0.1) is 0 Å². The Bertz CT molecular complexity index is 1320. The summed E-state index contributed by atoms with van der Waals surface area (Å²) >= 11 is 0. The van der Waals surface area contributed by atoms with E-state index >= 15 is 0 Å². The summed E-state index contributed by atoms with van der Waals surface area (Å²) in [5.41, 5.74) is -5.67. The number of rotatable bonds is 6. The van der Waals surface area contributed by atoms with Gasteiger partial charge >= 0.3 is 11.9 Å². The standard InChI is InChI=1S/C34H48O9/c1-18(35)42-23-16-31(7)24-12-11-20-21(15-22(37)28(40)30(20,5)6)33(24,9)26(39)17-32(31,8)27(23)34(10,41)25(38)13-14-29(3,4)43-19(2)36/h11,13-14,21-24,27,37,41H,12,15-17H2,1-10H3/b14-13+/t21-,22?,23?,24+,27+,31+,32-,33+,34+/m1/s1. The summed E-state index contributed by atoms with van der Waals surface area (Å²) in [6.07, 6.45) is 3.66. The molecule has 0 aromatic rings. The van der Waals surface area contributed by atoms with Crippen molar-refractivity contribution < 1.29 is 43.7 Å². The highest BCUT2D eigenvalue weighted by atomic mass is 16.6. The number of hydrogen-bond donors (Lipinski definition) is 2. The van der Waals surface area contributed by atoms with Crippen molar-refractivity contribution in [2.75, 3.05) is 0 Å². The molecule has 9 nitrogen and oxygen atoms in total. The molecule has 2 N–H and O–H groups in total. The first-order chi connectivity index (χ1) is 19.5. The van der Waals surface area contributed by atoms with E-state index in [1.165, 1.54) is 32.9 Å². The Kier molecular flexibility index (Phi) is 7.88. The van der Waals surface area contributed by atoms with Crippen LogP contribution < -0.4 is 0 Å². The van der Waals surface area contributed by atoms with Crippen molar-refractivity contribution in [3.63, 3.8) is 0 Å². The molecule has 0 bridgehead atoms. The SMILES string of the molecule is CC(=O)OC1C[C@@]2(C)[C@@H]3CC=C4[C@@H](CC(O)C(=O)C4(C)C)[C@]3(C)C(=O)C[C@]2(C)[C@H]1[C@@](C)(O)C(=O)/C=C/C(C)(C)OC(C)=O. The van der Waals surface area contributed by atoms with Crippen molar-refractivity contribution in [3.05, 3.63) is 23.8 Å². The molecule has 0 spiro atoms. The van der Waals surface area contributed by atoms with Crippen molar-refractivity contribution in [3.8, 4) is 0 Å². The second kappa shape index (κ2) is 10.2. The Balaban J connectivity index is 1.82. The molecule has 4 aliphatic carbocycles. The molecular formula is C34H48O9. The van der Waals surface area contributed by atoms with Crippen molar-refractivity contribution in [1.29, 1.82) is 0 Å². The first-order valence-corrected chi connectivity index (χ1v) is 15.3. The number of allylic oxidation sites excluding steroid dienone is 2. The van der Waals surface area contributed by atoms with Crippen molar-refractivity contribution in [1.82, 2.24) is 0 Å². The molecule has 43 heavy (non-hydrogen) atoms. The van der Waals surface area contributed by atoms with Crippen LogP contribution in [0.15, 0.2) is 23.8 Å². The predicted molar refractivity (Wildman–Crippen MR) is 157 cm³/mol. The molecule has 3 fully saturated rings. The molecule has 9 heteroatoms. The van der Waals surface area contributed by atoms with Crippen LogP contribution in [0.5, 0.6) is 0 Å². The lowest BCUT2D eigenvalue weighted by molar-refractivity contribution is -0.185. The molecule has 0 amide bonds. The number of Topliss-reactive ketones (excluding diaryl/α,β-unsaturated/α-hetero) is 2. The number of ether oxygens (including phenoxy) is 2. The van der Waals surface area contributed by atoms with Crippen LogP contribution in [0.25, 0.3) is 0 Å². The Morgan fingerprint density at radius 1 is 1.00 bits per heavy atom. The van der Waals surface area contributed by atoms with Crippen LogP contribution in [0.2, 0.25) is 0 Å². The summed E-state index contributed by atoms with van der Waals surface area (Å²) in [4.78, 5) is 65.1. The van der Waals surface area contributed by atoms with Gasteiger partial charge in [0, 0.05) is 37.0 Å². The summed E-state index contributed by atoms with van der Waals surface area (Å²) < 4.78 is 11.1. The van der Waals surface area contributed by atoms with Crippen LogP contribution >= 0.6 is 0 Å². The van der Waals surface area contributed by atoms with Crippen LogP contribution in [0, 0.1) is 39.4 Å². The molecule has 0 aromatic heterocycles. The molecule has 2 unspecified atom stereocenters. The number of esters is 2. The molecule has 0 heterocycles. The van der Waals surface area contributed by atoms with E-state index in [-0.39, 0.29) is 36.2 Å². The average Bonchev–Trinajstić information content (AvgIpc) is 3.07. The van der Waals surface area contributed by atoms with Gasteiger partial charge in [0.15, 0.2) is 11.6 Å². The van der Waals surface area contributed by atoms with Crippen LogP contribution in [0.4, 0.5) is 0 Å². The predicted octanol–water partition coefficient (Wildman–Crippen LogP) is 4.07. The maximum Gasteiger partial charge on any atom is 0.303 e. The van der Waals surface area contributed by atoms with Crippen molar-refractivity contribution in [2.45, 2.75) is 118 Å². The fourth-order valence-electron chi connectivity index (χ4n) is 9.68. The Morgan fingerprint density at radius 3 is 2.16 bits per heavy atom. The fraction of sp³-hybridized carbons (Fsp3) is 0.735. The third kappa shape index (κ3) is 4.85. The minimum atomic E-state index is -2.03. The number of aliphatic hydroxyl groups excluding tert-OH is 1. The van der Waals surface area contributed by atoms with Gasteiger partial charge in [-0.05, 0) is 88.7 Å². The quantitative estimate of drug-likeness (QED) is 0.262. The van der Waals surface area contributed by atoms with Crippen LogP contribution in [-0.2, 0) is 33.4 Å². The number of carbonyl (C=O) groups excluding carboxylic acids is 5. The normalized spacial score (nSPS) is 40.1. The molecule has 4 aliphatic rings. The first-order valence-electron chi connectivity index (χ1n) is 15.3. The van der Waals surface area contributed by atoms with Crippen molar-refractivity contribution >= 4 is 29.3 Å². The Morgan fingerprint density at radius 2 is 1.60 bits per heavy atom. The zero-order valence-electron chi connectivity index (χ0n) is 27.2. The lowest BCUT2D eigenvalue weighted by atomic mass is 9.38. The first kappa shape index (κ1) is 33.2. The van der Waals surface area contributed by atoms with E-state index in [1.54, 1.807) is 27.7 Å². The number of ketones is 3. The minimum absolute atomic E-state index is 0.0271. The van der Waals surface area contributed by atoms with E-state index in [0.29, 0.717) is 12.8 Å². The summed E-state index contributed by atoms with van der Waals surface area (Å²) in [6, 6.07) is 0. The van der Waals surface area contributed by atoms with Gasteiger partial charge in [-0.25, -0.2) is 0 Å². The van der Waals surface area contributed by atoms with Crippen LogP contribution in [0.3, 0.4) is 0 Å². The maximum atomic E-state index is 14.5. The van der Waals surface area contributed by atoms with E-state index in [9.17, 15) is 34.2 Å². The average molecular weight is 601 g/mol. The highest BCUT2D eigenvalue weighted by Crippen LogP contribution is 2.74. The van der Waals surface area contributed by atoms with Gasteiger partial charge in [0.1, 0.15) is 29.2 Å². The zero-order chi connectivity index (χ0) is 32.7. The second-order valence-electron chi connectivity index (χ2n) is 15.3. The topological polar surface area (TPSA) is 144 Å². The minimum Gasteiger partial charge on any atom is -0.462 e. The number of fused-ring (bicyclic) bond motifs is 5. The summed E-state index contributed by atoms with van der Waals surface area (Å²) in [7, 11) is 0. The molecule has 0 aromatic carbocycles. The van der Waals surface area contributed by atoms with Crippen LogP contribution in [0.1, 0.15) is 94.9 Å². The van der Waals surface area contributed by atoms with Crippen molar-refractivity contribution in [2.24, 2.45) is 39.4 Å². The number of aliphatic hydroxyl groups is 2. The van der Waals surface area contributed by atoms with Gasteiger partial charge in [-0.3, -0.25) is 24.0 Å². The van der Waals surface area contributed by atoms with E-state index in [1.807, 2.05) is 13.8 Å². The van der Waals surface area contributed by atoms with Gasteiger partial charge in [0.2, 0.25) is 0 Å². The third-order valence-corrected chi connectivity index (χ3v) is 11.8. The second-order valence-corrected chi connectivity index (χ2v) is 15.3. The highest BCUT2D eigenvalue weighted by molar-refractivity contribution is 5.98. The Hall–Kier alpha value is -2.65. The Labute approximate surface area is 254 Å². The summed E-state index contributed by atoms with van der Waals surface area (Å²) in [5.74, 6) is -3.54. The van der Waals surface area contributed by atoms with Gasteiger partial charge < -0.3 is 19.7 Å². The van der Waals surface area contributed by atoms with E-state index in [2.05, 4.69) is 13.0 Å².